The SMILES string of the molecule is COc1ccc(C(=O)N(C)CC2(N(C)C)CCC2)c(O)c1. The van der Waals surface area contributed by atoms with Crippen molar-refractivity contribution in [2.75, 3.05) is 34.8 Å². The Balaban J connectivity index is 2.12. The van der Waals surface area contributed by atoms with Crippen molar-refractivity contribution in [3.05, 3.63) is 23.8 Å². The molecule has 0 heterocycles. The predicted octanol–water partition coefficient (Wildman–Crippen LogP) is 1.96. The van der Waals surface area contributed by atoms with Gasteiger partial charge in [-0.15, -0.1) is 0 Å². The first-order valence-corrected chi connectivity index (χ1v) is 7.19. The van der Waals surface area contributed by atoms with Crippen molar-refractivity contribution < 1.29 is 14.6 Å². The van der Waals surface area contributed by atoms with Gasteiger partial charge in [0, 0.05) is 25.2 Å². The number of hydrogen-bond acceptors (Lipinski definition) is 4. The normalized spacial score (nSPS) is 16.4. The Bertz CT molecular complexity index is 524. The summed E-state index contributed by atoms with van der Waals surface area (Å²) in [5.74, 6) is 0.331. The molecule has 116 valence electrons. The van der Waals surface area contributed by atoms with Crippen LogP contribution in [0.1, 0.15) is 29.6 Å². The van der Waals surface area contributed by atoms with Crippen LogP contribution < -0.4 is 4.74 Å². The molecule has 0 aliphatic heterocycles. The molecule has 1 aliphatic rings. The van der Waals surface area contributed by atoms with E-state index in [9.17, 15) is 9.90 Å². The lowest BCUT2D eigenvalue weighted by Crippen LogP contribution is -2.57. The quantitative estimate of drug-likeness (QED) is 0.901. The fourth-order valence-corrected chi connectivity index (χ4v) is 2.87. The highest BCUT2D eigenvalue weighted by Crippen LogP contribution is 2.37. The molecule has 5 nitrogen and oxygen atoms in total. The number of rotatable bonds is 5. The zero-order chi connectivity index (χ0) is 15.6. The summed E-state index contributed by atoms with van der Waals surface area (Å²) in [5.41, 5.74) is 0.387. The van der Waals surface area contributed by atoms with Crippen LogP contribution >= 0.6 is 0 Å². The monoisotopic (exact) mass is 292 g/mol. The predicted molar refractivity (Wildman–Crippen MR) is 81.9 cm³/mol. The highest BCUT2D eigenvalue weighted by molar-refractivity contribution is 5.96. The highest BCUT2D eigenvalue weighted by atomic mass is 16.5. The lowest BCUT2D eigenvalue weighted by Gasteiger charge is -2.49. The molecule has 0 saturated heterocycles. The molecule has 1 aromatic carbocycles. The molecule has 0 spiro atoms. The van der Waals surface area contributed by atoms with Gasteiger partial charge in [-0.3, -0.25) is 4.79 Å². The minimum absolute atomic E-state index is 0.0429. The van der Waals surface area contributed by atoms with Crippen LogP contribution in [0.2, 0.25) is 0 Å². The van der Waals surface area contributed by atoms with Gasteiger partial charge < -0.3 is 19.6 Å². The zero-order valence-electron chi connectivity index (χ0n) is 13.2. The first kappa shape index (κ1) is 15.6. The van der Waals surface area contributed by atoms with Gasteiger partial charge in [0.15, 0.2) is 0 Å². The Morgan fingerprint density at radius 3 is 2.43 bits per heavy atom. The number of phenolic OH excluding ortho intramolecular Hbond substituents is 1. The smallest absolute Gasteiger partial charge is 0.257 e. The van der Waals surface area contributed by atoms with E-state index in [0.717, 1.165) is 12.8 Å². The molecule has 1 aromatic rings. The number of hydrogen-bond donors (Lipinski definition) is 1. The fraction of sp³-hybridized carbons (Fsp3) is 0.562. The summed E-state index contributed by atoms with van der Waals surface area (Å²) in [4.78, 5) is 16.4. The molecule has 1 N–H and O–H groups in total. The average molecular weight is 292 g/mol. The number of nitrogens with zero attached hydrogens (tertiary/aromatic N) is 2. The van der Waals surface area contributed by atoms with E-state index in [1.165, 1.54) is 19.6 Å². The van der Waals surface area contributed by atoms with Crippen molar-refractivity contribution in [2.24, 2.45) is 0 Å². The molecule has 0 bridgehead atoms. The molecule has 5 heteroatoms. The Kier molecular flexibility index (Phi) is 4.42. The third kappa shape index (κ3) is 2.97. The van der Waals surface area contributed by atoms with Gasteiger partial charge >= 0.3 is 0 Å². The number of aromatic hydroxyl groups is 1. The maximum atomic E-state index is 12.5. The minimum atomic E-state index is -0.164. The van der Waals surface area contributed by atoms with E-state index in [1.54, 1.807) is 24.1 Å². The largest absolute Gasteiger partial charge is 0.507 e. The molecule has 21 heavy (non-hydrogen) atoms. The van der Waals surface area contributed by atoms with E-state index in [0.29, 0.717) is 17.9 Å². The molecule has 0 radical (unpaired) electrons. The average Bonchev–Trinajstić information content (AvgIpc) is 2.41. The second kappa shape index (κ2) is 5.93. The van der Waals surface area contributed by atoms with E-state index in [4.69, 9.17) is 4.74 Å². The van der Waals surface area contributed by atoms with E-state index in [2.05, 4.69) is 19.0 Å². The molecule has 0 unspecified atom stereocenters. The number of carbonyl (C=O) groups excluding carboxylic acids is 1. The number of methoxy groups -OCH3 is 1. The lowest BCUT2D eigenvalue weighted by molar-refractivity contribution is 0.0251. The van der Waals surface area contributed by atoms with Gasteiger partial charge in [-0.25, -0.2) is 0 Å². The van der Waals surface area contributed by atoms with Crippen LogP contribution in [0, 0.1) is 0 Å². The van der Waals surface area contributed by atoms with Crippen molar-refractivity contribution in [3.8, 4) is 11.5 Å². The summed E-state index contributed by atoms with van der Waals surface area (Å²) in [6, 6.07) is 4.76. The Labute approximate surface area is 126 Å². The van der Waals surface area contributed by atoms with Crippen molar-refractivity contribution in [1.82, 2.24) is 9.80 Å². The van der Waals surface area contributed by atoms with Crippen molar-refractivity contribution >= 4 is 5.91 Å². The minimum Gasteiger partial charge on any atom is -0.507 e. The van der Waals surface area contributed by atoms with E-state index in [-0.39, 0.29) is 17.2 Å². The Morgan fingerprint density at radius 2 is 2.00 bits per heavy atom. The molecule has 2 rings (SSSR count). The van der Waals surface area contributed by atoms with Gasteiger partial charge in [0.1, 0.15) is 11.5 Å². The summed E-state index contributed by atoms with van der Waals surface area (Å²) in [7, 11) is 7.43. The van der Waals surface area contributed by atoms with Gasteiger partial charge in [0.05, 0.1) is 12.7 Å². The summed E-state index contributed by atoms with van der Waals surface area (Å²) in [5, 5.41) is 9.98. The maximum Gasteiger partial charge on any atom is 0.257 e. The van der Waals surface area contributed by atoms with Crippen LogP contribution in [0.15, 0.2) is 18.2 Å². The van der Waals surface area contributed by atoms with Crippen molar-refractivity contribution in [2.45, 2.75) is 24.8 Å². The molecule has 0 atom stereocenters. The van der Waals surface area contributed by atoms with Crippen LogP contribution in [-0.2, 0) is 0 Å². The topological polar surface area (TPSA) is 53.0 Å². The third-order valence-electron chi connectivity index (χ3n) is 4.55. The van der Waals surface area contributed by atoms with Gasteiger partial charge in [-0.2, -0.15) is 0 Å². The number of carbonyl (C=O) groups is 1. The number of amides is 1. The summed E-state index contributed by atoms with van der Waals surface area (Å²) >= 11 is 0. The van der Waals surface area contributed by atoms with Gasteiger partial charge in [0.25, 0.3) is 5.91 Å². The molecule has 0 aromatic heterocycles. The van der Waals surface area contributed by atoms with Gasteiger partial charge in [-0.05, 0) is 45.5 Å². The second-order valence-corrected chi connectivity index (χ2v) is 6.02. The standard InChI is InChI=1S/C16H24N2O3/c1-17(2)16(8-5-9-16)11-18(3)15(20)13-7-6-12(21-4)10-14(13)19/h6-7,10,19H,5,8-9,11H2,1-4H3. The number of likely N-dealkylation sites (N-methyl/N-ethyl adjacent to an activating group) is 2. The van der Waals surface area contributed by atoms with Crippen LogP contribution in [-0.4, -0.2) is 61.2 Å². The Morgan fingerprint density at radius 1 is 1.33 bits per heavy atom. The second-order valence-electron chi connectivity index (χ2n) is 6.02. The van der Waals surface area contributed by atoms with Crippen LogP contribution in [0.3, 0.4) is 0 Å². The van der Waals surface area contributed by atoms with E-state index >= 15 is 0 Å². The molecule has 1 saturated carbocycles. The van der Waals surface area contributed by atoms with Crippen molar-refractivity contribution in [1.29, 1.82) is 0 Å². The first-order valence-electron chi connectivity index (χ1n) is 7.19. The molecule has 1 aliphatic carbocycles. The fourth-order valence-electron chi connectivity index (χ4n) is 2.87. The summed E-state index contributed by atoms with van der Waals surface area (Å²) in [6.45, 7) is 0.671. The van der Waals surface area contributed by atoms with Crippen LogP contribution in [0.4, 0.5) is 0 Å². The van der Waals surface area contributed by atoms with Gasteiger partial charge in [0.2, 0.25) is 0 Å². The molecular formula is C16H24N2O3. The maximum absolute atomic E-state index is 12.5. The molecular weight excluding hydrogens is 268 g/mol. The zero-order valence-corrected chi connectivity index (χ0v) is 13.2. The lowest BCUT2D eigenvalue weighted by atomic mass is 9.75. The third-order valence-corrected chi connectivity index (χ3v) is 4.55. The van der Waals surface area contributed by atoms with Crippen molar-refractivity contribution in [3.63, 3.8) is 0 Å². The number of benzene rings is 1. The number of phenols is 1. The van der Waals surface area contributed by atoms with Crippen LogP contribution in [0.25, 0.3) is 0 Å². The first-order chi connectivity index (χ1) is 9.89. The van der Waals surface area contributed by atoms with E-state index in [1.807, 2.05) is 0 Å². The van der Waals surface area contributed by atoms with E-state index < -0.39 is 0 Å². The molecule has 1 fully saturated rings. The number of ether oxygens (including phenoxy) is 1. The Hall–Kier alpha value is -1.75. The highest BCUT2D eigenvalue weighted by Gasteiger charge is 2.40. The summed E-state index contributed by atoms with van der Waals surface area (Å²) in [6.07, 6.45) is 3.41. The van der Waals surface area contributed by atoms with Crippen LogP contribution in [0.5, 0.6) is 11.5 Å². The van der Waals surface area contributed by atoms with Gasteiger partial charge in [-0.1, -0.05) is 0 Å². The molecule has 1 amide bonds. The summed E-state index contributed by atoms with van der Waals surface area (Å²) < 4.78 is 5.04.